The molecule has 8 nitrogen and oxygen atoms in total. The third kappa shape index (κ3) is 6.45. The van der Waals surface area contributed by atoms with E-state index in [1.54, 1.807) is 14.2 Å². The topological polar surface area (TPSA) is 106 Å². The molecule has 0 saturated heterocycles. The summed E-state index contributed by atoms with van der Waals surface area (Å²) in [6, 6.07) is 30.3. The molecular weight excluding hydrogens is 590 g/mol. The van der Waals surface area contributed by atoms with Gasteiger partial charge < -0.3 is 18.2 Å². The first-order chi connectivity index (χ1) is 21.4. The van der Waals surface area contributed by atoms with Gasteiger partial charge in [0.15, 0.2) is 11.9 Å². The molecule has 0 fully saturated rings. The maximum atomic E-state index is 9.66. The summed E-state index contributed by atoms with van der Waals surface area (Å²) in [5, 5.41) is 4.69. The van der Waals surface area contributed by atoms with E-state index < -0.39 is 16.4 Å². The number of nitrogens with zero attached hydrogens (tertiary/aromatic N) is 1. The highest BCUT2D eigenvalue weighted by Crippen LogP contribution is 2.38. The second kappa shape index (κ2) is 12.6. The van der Waals surface area contributed by atoms with Crippen LogP contribution in [0.1, 0.15) is 23.7 Å². The van der Waals surface area contributed by atoms with Crippen molar-refractivity contribution in [2.45, 2.75) is 27.7 Å². The fraction of sp³-hybridized carbons (Fsp3) is 0.167. The second-order valence-electron chi connectivity index (χ2n) is 10.7. The number of hydrogen-bond donors (Lipinski definition) is 0. The average Bonchev–Trinajstić information content (AvgIpc) is 3.01. The molecule has 45 heavy (non-hydrogen) atoms. The van der Waals surface area contributed by atoms with Crippen LogP contribution in [0.5, 0.6) is 11.5 Å². The summed E-state index contributed by atoms with van der Waals surface area (Å²) in [7, 11) is -1.32. The number of pyridine rings is 2. The van der Waals surface area contributed by atoms with Crippen molar-refractivity contribution < 1.29 is 35.8 Å². The van der Waals surface area contributed by atoms with Gasteiger partial charge in [-0.05, 0) is 64.6 Å². The highest BCUT2D eigenvalue weighted by Gasteiger charge is 2.21. The molecule has 6 rings (SSSR count). The fourth-order valence-electron chi connectivity index (χ4n) is 5.69. The van der Waals surface area contributed by atoms with Gasteiger partial charge in [-0.15, -0.1) is 0 Å². The van der Waals surface area contributed by atoms with E-state index in [-0.39, 0.29) is 0 Å². The molecule has 0 atom stereocenters. The number of fused-ring (bicyclic) bond motifs is 4. The lowest BCUT2D eigenvalue weighted by Gasteiger charge is -2.14. The molecule has 0 saturated carbocycles. The van der Waals surface area contributed by atoms with E-state index in [9.17, 15) is 17.8 Å². The van der Waals surface area contributed by atoms with Crippen molar-refractivity contribution >= 4 is 43.4 Å². The summed E-state index contributed by atoms with van der Waals surface area (Å²) in [5.74, 6) is 0.700. The predicted octanol–water partition coefficient (Wildman–Crippen LogP) is 7.02. The molecule has 2 aromatic heterocycles. The van der Waals surface area contributed by atoms with Crippen LogP contribution in [0.3, 0.4) is 0 Å². The van der Waals surface area contributed by atoms with Gasteiger partial charge in [0.25, 0.3) is 10.4 Å². The van der Waals surface area contributed by atoms with Crippen LogP contribution in [-0.2, 0) is 19.4 Å². The summed E-state index contributed by atoms with van der Waals surface area (Å²) in [6.07, 6.45) is 2.15. The van der Waals surface area contributed by atoms with E-state index in [0.29, 0.717) is 0 Å². The molecule has 6 aromatic rings. The van der Waals surface area contributed by atoms with Crippen LogP contribution in [0.4, 0.5) is 0 Å². The zero-order valence-corrected chi connectivity index (χ0v) is 26.7. The molecule has 0 aliphatic heterocycles. The molecule has 0 aliphatic rings. The Morgan fingerprint density at radius 2 is 1.42 bits per heavy atom. The summed E-state index contributed by atoms with van der Waals surface area (Å²) in [4.78, 5) is 9.66. The second-order valence-corrected chi connectivity index (χ2v) is 11.7. The maximum Gasteiger partial charge on any atom is 0.318 e. The first-order valence-corrected chi connectivity index (χ1v) is 15.5. The van der Waals surface area contributed by atoms with Crippen LogP contribution >= 0.6 is 0 Å². The molecule has 4 aromatic carbocycles. The Labute approximate surface area is 262 Å². The lowest BCUT2D eigenvalue weighted by molar-refractivity contribution is -0.516. The van der Waals surface area contributed by atoms with Gasteiger partial charge in [-0.2, -0.15) is 4.40 Å². The molecule has 0 unspecified atom stereocenters. The number of carbonyl (C=O) groups is 1. The number of rotatable bonds is 5. The Kier molecular flexibility index (Phi) is 8.77. The Hall–Kier alpha value is -4.99. The third-order valence-electron chi connectivity index (χ3n) is 7.87. The Morgan fingerprint density at radius 1 is 0.778 bits per heavy atom. The normalized spacial score (nSPS) is 11.3. The number of hydrogen-bond acceptors (Lipinski definition) is 7. The van der Waals surface area contributed by atoms with Crippen molar-refractivity contribution in [3.8, 4) is 33.8 Å². The Balaban J connectivity index is 0.000000444. The quantitative estimate of drug-likeness (QED) is 0.0668. The van der Waals surface area contributed by atoms with E-state index in [4.69, 9.17) is 9.47 Å². The molecule has 0 aliphatic carbocycles. The number of aryl methyl sites for hydroxylation is 2. The lowest BCUT2D eigenvalue weighted by Crippen LogP contribution is -2.26. The Morgan fingerprint density at radius 3 is 2.00 bits per heavy atom. The van der Waals surface area contributed by atoms with Gasteiger partial charge in [0, 0.05) is 31.5 Å². The SMILES string of the molecule is CC(=O)OS(=O)(=O)[O-].COc1cc2cc[n+]3c(C)c4c(OC)c(C)c(C)cc4cc3c2cc1-c1ccc(-c2ccccc2)cc1. The van der Waals surface area contributed by atoms with Gasteiger partial charge in [-0.3, -0.25) is 4.79 Å². The van der Waals surface area contributed by atoms with E-state index >= 15 is 0 Å². The minimum absolute atomic E-state index is 0.829. The van der Waals surface area contributed by atoms with E-state index in [1.165, 1.54) is 38.7 Å². The zero-order chi connectivity index (χ0) is 32.5. The molecule has 0 radical (unpaired) electrons. The standard InChI is InChI=1S/C34H30NO2.C2H4O5S/c1-21-17-28-18-31-29-20-30(26-13-11-25(12-14-26)24-9-7-6-8-10-24)32(36-4)19-27(29)15-16-35(31)23(3)33(28)34(37-5)22(21)2;1-2(3)7-8(4,5)6/h6-20H,1-5H3;1H3,(H,4,5,6)/q+1;/p-1. The highest BCUT2D eigenvalue weighted by molar-refractivity contribution is 7.81. The van der Waals surface area contributed by atoms with Crippen molar-refractivity contribution in [3.63, 3.8) is 0 Å². The van der Waals surface area contributed by atoms with Gasteiger partial charge in [0.2, 0.25) is 5.52 Å². The van der Waals surface area contributed by atoms with Gasteiger partial charge in [0.05, 0.1) is 25.0 Å². The smallest absolute Gasteiger partial charge is 0.318 e. The maximum absolute atomic E-state index is 9.66. The number of carbonyl (C=O) groups excluding carboxylic acids is 1. The largest absolute Gasteiger partial charge is 0.716 e. The average molecular weight is 624 g/mol. The molecule has 0 N–H and O–H groups in total. The highest BCUT2D eigenvalue weighted by atomic mass is 32.3. The minimum Gasteiger partial charge on any atom is -0.716 e. The molecule has 2 heterocycles. The first kappa shape index (κ1) is 31.4. The van der Waals surface area contributed by atoms with Crippen molar-refractivity contribution in [1.29, 1.82) is 0 Å². The lowest BCUT2D eigenvalue weighted by atomic mass is 9.96. The monoisotopic (exact) mass is 623 g/mol. The Bertz CT molecular complexity index is 2180. The van der Waals surface area contributed by atoms with Gasteiger partial charge in [-0.1, -0.05) is 60.7 Å². The summed E-state index contributed by atoms with van der Waals surface area (Å²) >= 11 is 0. The third-order valence-corrected chi connectivity index (χ3v) is 8.31. The van der Waals surface area contributed by atoms with Crippen molar-refractivity contribution in [1.82, 2.24) is 0 Å². The van der Waals surface area contributed by atoms with Crippen LogP contribution in [0.25, 0.3) is 49.3 Å². The molecule has 230 valence electrons. The number of methoxy groups -OCH3 is 2. The minimum atomic E-state index is -4.82. The number of benzene rings is 4. The van der Waals surface area contributed by atoms with Crippen LogP contribution < -0.4 is 13.9 Å². The van der Waals surface area contributed by atoms with Gasteiger partial charge in [-0.25, -0.2) is 8.42 Å². The van der Waals surface area contributed by atoms with Crippen LogP contribution in [-0.4, -0.2) is 33.2 Å². The molecule has 0 amide bonds. The van der Waals surface area contributed by atoms with E-state index in [1.807, 2.05) is 6.07 Å². The summed E-state index contributed by atoms with van der Waals surface area (Å²) in [6.45, 7) is 7.28. The first-order valence-electron chi connectivity index (χ1n) is 14.2. The molecule has 9 heteroatoms. The molecular formula is C36H33NO7S. The predicted molar refractivity (Wildman–Crippen MR) is 174 cm³/mol. The van der Waals surface area contributed by atoms with Gasteiger partial charge >= 0.3 is 5.97 Å². The number of ether oxygens (including phenoxy) is 2. The van der Waals surface area contributed by atoms with Crippen molar-refractivity contribution in [2.24, 2.45) is 0 Å². The van der Waals surface area contributed by atoms with Crippen molar-refractivity contribution in [3.05, 3.63) is 108 Å². The van der Waals surface area contributed by atoms with Crippen LogP contribution in [0.15, 0.2) is 91.1 Å². The summed E-state index contributed by atoms with van der Waals surface area (Å²) in [5.41, 5.74) is 9.37. The fourth-order valence-corrected chi connectivity index (χ4v) is 5.98. The van der Waals surface area contributed by atoms with E-state index in [0.717, 1.165) is 45.8 Å². The van der Waals surface area contributed by atoms with E-state index in [2.05, 4.69) is 114 Å². The molecule has 0 spiro atoms. The van der Waals surface area contributed by atoms with Gasteiger partial charge in [0.1, 0.15) is 11.5 Å². The number of aromatic nitrogens is 1. The van der Waals surface area contributed by atoms with Crippen molar-refractivity contribution in [2.75, 3.05) is 14.2 Å². The van der Waals surface area contributed by atoms with Crippen LogP contribution in [0, 0.1) is 20.8 Å². The summed E-state index contributed by atoms with van der Waals surface area (Å²) < 4.78 is 45.6. The van der Waals surface area contributed by atoms with Crippen LogP contribution in [0.2, 0.25) is 0 Å². The zero-order valence-electron chi connectivity index (χ0n) is 25.9. The molecule has 0 bridgehead atoms.